The van der Waals surface area contributed by atoms with Crippen LogP contribution in [0.4, 0.5) is 75.8 Å². The summed E-state index contributed by atoms with van der Waals surface area (Å²) in [6.07, 6.45) is 4.16. The molecule has 4 heterocycles. The fourth-order valence-electron chi connectivity index (χ4n) is 10.1. The van der Waals surface area contributed by atoms with Crippen molar-refractivity contribution < 1.29 is 90.8 Å². The summed E-state index contributed by atoms with van der Waals surface area (Å²) < 4.78 is 53.0. The fourth-order valence-corrected chi connectivity index (χ4v) is 10.3. The number of hydrogen-bond acceptors (Lipinski definition) is 30. The molecule has 0 saturated carbocycles. The number of imidazole rings is 1. The number of carboxylic acids is 1. The number of nitrogen functional groups attached to an aromatic ring is 2. The molecule has 0 aliphatic heterocycles. The second-order valence-corrected chi connectivity index (χ2v) is 28.0. The third-order valence-corrected chi connectivity index (χ3v) is 16.4. The van der Waals surface area contributed by atoms with E-state index in [2.05, 4.69) is 66.8 Å². The zero-order valence-electron chi connectivity index (χ0n) is 68.6. The van der Waals surface area contributed by atoms with E-state index in [0.717, 1.165) is 52.2 Å². The number of amides is 6. The van der Waals surface area contributed by atoms with Gasteiger partial charge in [0.2, 0.25) is 17.5 Å². The quantitative estimate of drug-likeness (QED) is 0.0123. The van der Waals surface area contributed by atoms with E-state index in [-0.39, 0.29) is 74.9 Å². The van der Waals surface area contributed by atoms with E-state index >= 15 is 0 Å². The number of methoxy groups -OCH3 is 3. The Hall–Kier alpha value is -17.1. The van der Waals surface area contributed by atoms with Crippen LogP contribution in [0.1, 0.15) is 110 Å². The number of fused-ring (bicyclic) bond motifs is 1. The smallest absolute Gasteiger partial charge is 0.413 e. The highest BCUT2D eigenvalue weighted by molar-refractivity contribution is 6.29. The number of anilines is 6. The van der Waals surface area contributed by atoms with Crippen LogP contribution in [0.25, 0.3) is 16.9 Å². The summed E-state index contributed by atoms with van der Waals surface area (Å²) in [5, 5.41) is 67.8. The van der Waals surface area contributed by atoms with Crippen molar-refractivity contribution in [2.45, 2.75) is 72.4 Å². The average Bonchev–Trinajstić information content (AvgIpc) is 1.70. The van der Waals surface area contributed by atoms with Gasteiger partial charge in [-0.15, -0.1) is 0 Å². The number of primary amides is 1. The molecule has 0 saturated heterocycles. The van der Waals surface area contributed by atoms with Gasteiger partial charge in [-0.3, -0.25) is 74.8 Å². The summed E-state index contributed by atoms with van der Waals surface area (Å²) in [5.41, 5.74) is 17.6. The van der Waals surface area contributed by atoms with E-state index in [4.69, 9.17) is 57.6 Å². The van der Waals surface area contributed by atoms with Crippen molar-refractivity contribution >= 4 is 122 Å². The molecule has 0 atom stereocenters. The molecular formula is C82H80ClF2N21O21. The molecule has 13 N–H and O–H groups in total. The Bertz CT molecular complexity index is 5870. The maximum atomic E-state index is 13.2. The molecule has 6 amide bonds. The SMILES string of the molecule is CC(C)(C)OC(=O)Nc1cc(Cl)ncn1.COc1ccc(CNC(=O)c2ccc(F)c([N+](=O)[O-])c2)cc1.COc1ccc(CNC(=O)c2ccc(N)c([N+](=O)[O-])c2)cc1.COc1ccc(CNC(=O)c2ccc(Nc3cc(NC(=O)OC(C)(C)C)ncn3)c([N+](=O)[O-])c2)cc1.NC(=O)c1ccc2c(c1)ncn2-c1cc(N)ncn1.O=C(O)c1ccc(F)c([N+](=O)[O-])c1. The number of nitro groups is 4. The van der Waals surface area contributed by atoms with Gasteiger partial charge in [-0.1, -0.05) is 48.0 Å². The second kappa shape index (κ2) is 45.5. The Kier molecular flexibility index (Phi) is 34.8. The summed E-state index contributed by atoms with van der Waals surface area (Å²) in [6.45, 7) is 11.3. The summed E-state index contributed by atoms with van der Waals surface area (Å²) in [5.74, 6) is -1.48. The Morgan fingerprint density at radius 1 is 0.457 bits per heavy atom. The average molecular weight is 1770 g/mol. The highest BCUT2D eigenvalue weighted by atomic mass is 35.5. The molecule has 8 aromatic carbocycles. The van der Waals surface area contributed by atoms with Crippen LogP contribution in [0.5, 0.6) is 17.2 Å². The van der Waals surface area contributed by atoms with Crippen molar-refractivity contribution in [3.05, 3.63) is 309 Å². The highest BCUT2D eigenvalue weighted by Crippen LogP contribution is 2.31. The number of nitrogens with zero attached hydrogens (tertiary/aromatic N) is 12. The molecule has 42 nitrogen and oxygen atoms in total. The lowest BCUT2D eigenvalue weighted by atomic mass is 10.1. The maximum Gasteiger partial charge on any atom is 0.413 e. The van der Waals surface area contributed by atoms with Crippen molar-refractivity contribution in [3.63, 3.8) is 0 Å². The number of benzene rings is 8. The molecule has 0 spiro atoms. The van der Waals surface area contributed by atoms with Crippen LogP contribution in [-0.4, -0.2) is 139 Å². The molecule has 45 heteroatoms. The van der Waals surface area contributed by atoms with Crippen molar-refractivity contribution in [3.8, 4) is 23.1 Å². The molecular weight excluding hydrogens is 1690 g/mol. The number of aromatic carboxylic acids is 1. The summed E-state index contributed by atoms with van der Waals surface area (Å²) in [7, 11) is 4.69. The van der Waals surface area contributed by atoms with Crippen LogP contribution < -0.4 is 63.3 Å². The van der Waals surface area contributed by atoms with Gasteiger partial charge in [0, 0.05) is 84.4 Å². The van der Waals surface area contributed by atoms with Crippen LogP contribution in [0.3, 0.4) is 0 Å². The van der Waals surface area contributed by atoms with Crippen LogP contribution in [0.15, 0.2) is 207 Å². The van der Waals surface area contributed by atoms with Crippen LogP contribution in [-0.2, 0) is 29.1 Å². The molecule has 12 aromatic rings. The number of halogens is 3. The van der Waals surface area contributed by atoms with Crippen molar-refractivity contribution in [1.82, 2.24) is 55.4 Å². The standard InChI is InChI=1S/C24H26N6O6.C15H13FN2O4.C15H15N3O4.C12H10N6O.C9H12ClN3O2.C7H4FNO4/c1-24(2,3)36-23(32)29-21-12-20(26-14-27-21)28-18-10-7-16(11-19(18)30(33)34)22(31)25-13-15-5-8-17(35-4)9-6-15;2*1-22-12-5-2-10(3-6-12)9-17-15(19)11-4-7-13(16)14(8-11)18(20)21;13-10-4-11(16-5-15-10)18-6-17-8-3-7(12(14)19)1-2-9(8)18;1-9(2,3)15-8(14)13-7-4-6(10)11-5-12-7;8-5-2-1-4(7(10)11)3-6(5)9(12)13/h5-12,14H,13H2,1-4H3,(H,25,31)(H2,26,27,28,29,32);2-8H,9H2,1H3,(H,17,19);2-8H,9,16H2,1H3,(H,17,19);1-6H,(H2,14,19)(H2,13,15,16);4-5H,1-3H3,(H,11,12,13,14);1-3H,(H,10,11). The number of carbonyl (C=O) groups is 7. The summed E-state index contributed by atoms with van der Waals surface area (Å²) in [4.78, 5) is 149. The number of nitrogens with two attached hydrogens (primary N) is 3. The van der Waals surface area contributed by atoms with Gasteiger partial charge in [-0.05, 0) is 161 Å². The lowest BCUT2D eigenvalue weighted by molar-refractivity contribution is -0.387. The summed E-state index contributed by atoms with van der Waals surface area (Å²) >= 11 is 5.62. The van der Waals surface area contributed by atoms with Gasteiger partial charge in [-0.2, -0.15) is 8.78 Å². The minimum Gasteiger partial charge on any atom is -0.497 e. The topological polar surface area (TPSA) is 604 Å². The van der Waals surface area contributed by atoms with Crippen molar-refractivity contribution in [2.24, 2.45) is 5.73 Å². The maximum absolute atomic E-state index is 13.2. The second-order valence-electron chi connectivity index (χ2n) is 27.6. The van der Waals surface area contributed by atoms with Gasteiger partial charge in [-0.25, -0.2) is 49.3 Å². The number of nitro benzene ring substituents is 4. The summed E-state index contributed by atoms with van der Waals surface area (Å²) in [6, 6.07) is 44.4. The number of aromatic nitrogens is 8. The molecule has 127 heavy (non-hydrogen) atoms. The van der Waals surface area contributed by atoms with Crippen molar-refractivity contribution in [1.29, 1.82) is 0 Å². The van der Waals surface area contributed by atoms with Gasteiger partial charge < -0.3 is 67.3 Å². The Morgan fingerprint density at radius 3 is 1.28 bits per heavy atom. The lowest BCUT2D eigenvalue weighted by Crippen LogP contribution is -2.27. The molecule has 0 bridgehead atoms. The van der Waals surface area contributed by atoms with Crippen LogP contribution in [0.2, 0.25) is 5.15 Å². The molecule has 0 unspecified atom stereocenters. The minimum absolute atomic E-state index is 0.0247. The van der Waals surface area contributed by atoms with Crippen LogP contribution >= 0.6 is 11.6 Å². The zero-order valence-corrected chi connectivity index (χ0v) is 69.4. The Labute approximate surface area is 723 Å². The van der Waals surface area contributed by atoms with E-state index in [0.29, 0.717) is 52.6 Å². The predicted octanol–water partition coefficient (Wildman–Crippen LogP) is 13.6. The van der Waals surface area contributed by atoms with Crippen molar-refractivity contribution in [2.75, 3.05) is 48.7 Å². The van der Waals surface area contributed by atoms with E-state index in [9.17, 15) is 82.8 Å². The number of hydrogen-bond donors (Lipinski definition) is 10. The van der Waals surface area contributed by atoms with E-state index < -0.39 is 95.7 Å². The monoisotopic (exact) mass is 1770 g/mol. The Morgan fingerprint density at radius 2 is 0.850 bits per heavy atom. The highest BCUT2D eigenvalue weighted by Gasteiger charge is 2.24. The number of ether oxygens (including phenoxy) is 5. The molecule has 660 valence electrons. The Balaban J connectivity index is 0.000000216. The molecule has 0 radical (unpaired) electrons. The van der Waals surface area contributed by atoms with Crippen LogP contribution in [0, 0.1) is 52.1 Å². The molecule has 4 aromatic heterocycles. The largest absolute Gasteiger partial charge is 0.497 e. The lowest BCUT2D eigenvalue weighted by Gasteiger charge is -2.19. The van der Waals surface area contributed by atoms with Gasteiger partial charge in [0.25, 0.3) is 29.1 Å². The normalized spacial score (nSPS) is 10.4. The minimum atomic E-state index is -1.33. The van der Waals surface area contributed by atoms with Gasteiger partial charge in [0.15, 0.2) is 0 Å². The molecule has 0 fully saturated rings. The number of nitrogens with one attached hydrogen (secondary N) is 6. The first-order valence-corrected chi connectivity index (χ1v) is 37.1. The first-order valence-electron chi connectivity index (χ1n) is 36.7. The van der Waals surface area contributed by atoms with Gasteiger partial charge >= 0.3 is 29.5 Å². The third kappa shape index (κ3) is 31.1. The zero-order chi connectivity index (χ0) is 93.4. The fraction of sp³-hybridized carbons (Fsp3) is 0.171. The van der Waals surface area contributed by atoms with E-state index in [1.165, 1.54) is 73.6 Å². The number of carbonyl (C=O) groups excluding carboxylic acids is 6. The van der Waals surface area contributed by atoms with E-state index in [1.54, 1.807) is 147 Å². The third-order valence-electron chi connectivity index (χ3n) is 16.2. The molecule has 12 rings (SSSR count). The molecule has 0 aliphatic carbocycles. The van der Waals surface area contributed by atoms with Gasteiger partial charge in [0.05, 0.1) is 57.6 Å². The predicted molar refractivity (Wildman–Crippen MR) is 458 cm³/mol. The first-order chi connectivity index (χ1) is 60.1. The number of carboxylic acid groups (broad SMARTS) is 1. The number of rotatable bonds is 23. The van der Waals surface area contributed by atoms with Gasteiger partial charge in [0.1, 0.15) is 99.4 Å². The first kappa shape index (κ1) is 97.0. The van der Waals surface area contributed by atoms with E-state index in [1.807, 2.05) is 24.3 Å². The molecule has 0 aliphatic rings.